The third-order valence-electron chi connectivity index (χ3n) is 16.1. The third kappa shape index (κ3) is 9.89. The van der Waals surface area contributed by atoms with Crippen LogP contribution in [0, 0.1) is 0 Å². The summed E-state index contributed by atoms with van der Waals surface area (Å²) in [7, 11) is 0. The van der Waals surface area contributed by atoms with Gasteiger partial charge in [-0.15, -0.1) is 0 Å². The summed E-state index contributed by atoms with van der Waals surface area (Å²) < 4.78 is 89.4. The number of aromatic nitrogens is 2. The second-order valence-corrected chi connectivity index (χ2v) is 25.8. The smallest absolute Gasteiger partial charge is 0.309 e. The van der Waals surface area contributed by atoms with Gasteiger partial charge < -0.3 is 9.13 Å². The minimum absolute atomic E-state index is 0.0730. The molecule has 0 aliphatic carbocycles. The molecule has 2 nitrogen and oxygen atoms in total. The Morgan fingerprint density at radius 1 is 0.237 bits per heavy atom. The first-order chi connectivity index (χ1) is 37.4. The van der Waals surface area contributed by atoms with Crippen LogP contribution in [0.5, 0.6) is 0 Å². The molecule has 8 heteroatoms. The Labute approximate surface area is 465 Å². The predicted octanol–water partition coefficient (Wildman–Crippen LogP) is 21.8. The van der Waals surface area contributed by atoms with E-state index in [-0.39, 0.29) is 21.7 Å². The molecule has 2 aromatic heterocycles. The predicted molar refractivity (Wildman–Crippen MR) is 322 cm³/mol. The van der Waals surface area contributed by atoms with E-state index in [1.807, 2.05) is 36.4 Å². The van der Waals surface area contributed by atoms with Gasteiger partial charge in [-0.3, -0.25) is 0 Å². The van der Waals surface area contributed by atoms with Crippen molar-refractivity contribution in [3.05, 3.63) is 215 Å². The fourth-order valence-corrected chi connectivity index (χ4v) is 11.3. The molecule has 0 N–H and O–H groups in total. The Bertz CT molecular complexity index is 3760. The van der Waals surface area contributed by atoms with Crippen LogP contribution in [0.15, 0.2) is 182 Å². The van der Waals surface area contributed by atoms with E-state index in [0.717, 1.165) is 90.4 Å². The number of hydrogen-bond acceptors (Lipinski definition) is 0. The molecule has 2 heterocycles. The Morgan fingerprint density at radius 2 is 0.438 bits per heavy atom. The number of hydrogen-bond donors (Lipinski definition) is 0. The summed E-state index contributed by atoms with van der Waals surface area (Å²) in [6, 6.07) is 57.4. The zero-order valence-electron chi connectivity index (χ0n) is 47.5. The Hall–Kier alpha value is -7.84. The first-order valence-corrected chi connectivity index (χ1v) is 27.4. The van der Waals surface area contributed by atoms with Crippen molar-refractivity contribution in [2.75, 3.05) is 0 Å². The molecule has 0 spiro atoms. The van der Waals surface area contributed by atoms with Gasteiger partial charge in [0.05, 0.1) is 33.2 Å². The summed E-state index contributed by atoms with van der Waals surface area (Å²) in [5, 5.41) is 4.60. The quantitative estimate of drug-likeness (QED) is 0.147. The van der Waals surface area contributed by atoms with Crippen LogP contribution >= 0.6 is 0 Å². The van der Waals surface area contributed by atoms with E-state index in [4.69, 9.17) is 0 Å². The highest BCUT2D eigenvalue weighted by Gasteiger charge is 2.32. The number of nitrogens with zero attached hydrogens (tertiary/aromatic N) is 2. The monoisotopic (exact) mass is 1070 g/mol. The van der Waals surface area contributed by atoms with Gasteiger partial charge in [0.2, 0.25) is 0 Å². The van der Waals surface area contributed by atoms with E-state index in [2.05, 4.69) is 189 Å². The molecular formula is C72H66F6N2. The van der Waals surface area contributed by atoms with Crippen molar-refractivity contribution in [2.24, 2.45) is 0 Å². The normalized spacial score (nSPS) is 13.1. The van der Waals surface area contributed by atoms with Crippen LogP contribution in [0.3, 0.4) is 0 Å². The van der Waals surface area contributed by atoms with Gasteiger partial charge in [-0.25, -0.2) is 0 Å². The molecular weight excluding hydrogens is 1010 g/mol. The average Bonchev–Trinajstić information content (AvgIpc) is 4.16. The van der Waals surface area contributed by atoms with Gasteiger partial charge in [0, 0.05) is 32.9 Å². The number of rotatable bonds is 6. The summed E-state index contributed by atoms with van der Waals surface area (Å²) in [5.74, 6) is 0. The van der Waals surface area contributed by atoms with Crippen molar-refractivity contribution >= 4 is 43.6 Å². The standard InChI is InChI=1S/C72H66F6N2/c1-67(2,3)49-25-33-63-59(37-49)60-38-50(68(4,5)6)26-34-64(60)79(63)53-29-17-45(18-30-53)57-41-56(44-15-23-48(24-16-44)72(76,77)78)58(42-55(57)43-13-21-47(22-14-43)71(73,74)75)46-19-31-54(32-20-46)80-65-35-27-51(69(7,8)9)39-61(65)62-40-52(70(10,11)12)28-36-66(62)80/h13-42H,1-12H3. The maximum absolute atomic E-state index is 14.1. The van der Waals surface area contributed by atoms with Crippen LogP contribution in [-0.2, 0) is 34.0 Å². The lowest BCUT2D eigenvalue weighted by atomic mass is 9.85. The fraction of sp³-hybridized carbons (Fsp3) is 0.250. The topological polar surface area (TPSA) is 9.86 Å². The van der Waals surface area contributed by atoms with Crippen molar-refractivity contribution in [1.29, 1.82) is 0 Å². The first kappa shape index (κ1) is 54.1. The molecule has 0 radical (unpaired) electrons. The average molecular weight is 1070 g/mol. The molecule has 406 valence electrons. The number of benzene rings is 9. The number of halogens is 6. The van der Waals surface area contributed by atoms with Crippen LogP contribution in [-0.4, -0.2) is 9.13 Å². The molecule has 0 unspecified atom stereocenters. The molecule has 0 aliphatic heterocycles. The van der Waals surface area contributed by atoms with E-state index in [0.29, 0.717) is 33.4 Å². The van der Waals surface area contributed by atoms with Gasteiger partial charge in [0.15, 0.2) is 0 Å². The molecule has 9 aromatic carbocycles. The Kier molecular flexibility index (Phi) is 12.8. The van der Waals surface area contributed by atoms with Crippen molar-refractivity contribution < 1.29 is 26.3 Å². The second kappa shape index (κ2) is 18.9. The molecule has 0 saturated carbocycles. The highest BCUT2D eigenvalue weighted by molar-refractivity contribution is 6.11. The van der Waals surface area contributed by atoms with Crippen molar-refractivity contribution in [3.63, 3.8) is 0 Å². The molecule has 0 atom stereocenters. The minimum atomic E-state index is -4.55. The Balaban J connectivity index is 1.10. The van der Waals surface area contributed by atoms with Crippen LogP contribution in [0.2, 0.25) is 0 Å². The summed E-state index contributed by atoms with van der Waals surface area (Å²) in [6.07, 6.45) is -9.10. The van der Waals surface area contributed by atoms with Crippen molar-refractivity contribution in [2.45, 2.75) is 117 Å². The van der Waals surface area contributed by atoms with Gasteiger partial charge in [0.1, 0.15) is 0 Å². The van der Waals surface area contributed by atoms with Crippen LogP contribution in [0.4, 0.5) is 26.3 Å². The molecule has 0 amide bonds. The number of alkyl halides is 6. The minimum Gasteiger partial charge on any atom is -0.309 e. The molecule has 0 bridgehead atoms. The molecule has 11 rings (SSSR count). The van der Waals surface area contributed by atoms with E-state index >= 15 is 0 Å². The van der Waals surface area contributed by atoms with Crippen LogP contribution in [0.25, 0.3) is 99.5 Å². The van der Waals surface area contributed by atoms with E-state index in [1.54, 1.807) is 0 Å². The fourth-order valence-electron chi connectivity index (χ4n) is 11.3. The van der Waals surface area contributed by atoms with Gasteiger partial charge >= 0.3 is 12.4 Å². The lowest BCUT2D eigenvalue weighted by Gasteiger charge is -2.20. The van der Waals surface area contributed by atoms with Crippen LogP contribution < -0.4 is 0 Å². The van der Waals surface area contributed by atoms with Gasteiger partial charge in [0.25, 0.3) is 0 Å². The zero-order valence-corrected chi connectivity index (χ0v) is 47.5. The lowest BCUT2D eigenvalue weighted by molar-refractivity contribution is -0.138. The molecule has 0 fully saturated rings. The van der Waals surface area contributed by atoms with Crippen molar-refractivity contribution in [3.8, 4) is 55.9 Å². The van der Waals surface area contributed by atoms with Crippen molar-refractivity contribution in [1.82, 2.24) is 9.13 Å². The summed E-state index contributed by atoms with van der Waals surface area (Å²) in [4.78, 5) is 0. The maximum Gasteiger partial charge on any atom is 0.416 e. The van der Waals surface area contributed by atoms with Gasteiger partial charge in [-0.1, -0.05) is 156 Å². The van der Waals surface area contributed by atoms with E-state index in [9.17, 15) is 26.3 Å². The molecule has 80 heavy (non-hydrogen) atoms. The molecule has 0 saturated heterocycles. The van der Waals surface area contributed by atoms with E-state index in [1.165, 1.54) is 46.5 Å². The first-order valence-electron chi connectivity index (χ1n) is 27.4. The lowest BCUT2D eigenvalue weighted by Crippen LogP contribution is -2.10. The molecule has 0 aliphatic rings. The summed E-state index contributed by atoms with van der Waals surface area (Å²) >= 11 is 0. The number of fused-ring (bicyclic) bond motifs is 6. The highest BCUT2D eigenvalue weighted by atomic mass is 19.4. The van der Waals surface area contributed by atoms with Crippen LogP contribution in [0.1, 0.15) is 116 Å². The van der Waals surface area contributed by atoms with Gasteiger partial charge in [-0.05, 0) is 198 Å². The zero-order chi connectivity index (χ0) is 57.2. The maximum atomic E-state index is 14.1. The largest absolute Gasteiger partial charge is 0.416 e. The summed E-state index contributed by atoms with van der Waals surface area (Å²) in [6.45, 7) is 26.6. The highest BCUT2D eigenvalue weighted by Crippen LogP contribution is 2.46. The molecule has 11 aromatic rings. The summed E-state index contributed by atoms with van der Waals surface area (Å²) in [5.41, 5.74) is 14.5. The third-order valence-corrected chi connectivity index (χ3v) is 16.1. The van der Waals surface area contributed by atoms with E-state index < -0.39 is 23.5 Å². The SMILES string of the molecule is CC(C)(C)c1ccc2c(c1)c1cc(C(C)(C)C)ccc1n2-c1ccc(-c2cc(-c3ccc(C(F)(F)F)cc3)c(-c3ccc(-n4c5ccc(C(C)(C)C)cc5c5cc(C(C)(C)C)ccc54)cc3)cc2-c2ccc(C(F)(F)F)cc2)cc1. The van der Waals surface area contributed by atoms with Gasteiger partial charge in [-0.2, -0.15) is 26.3 Å². The second-order valence-electron chi connectivity index (χ2n) is 25.8. The Morgan fingerprint density at radius 3 is 0.637 bits per heavy atom.